The number of aliphatic hydroxyl groups is 1. The molecule has 0 unspecified atom stereocenters. The summed E-state index contributed by atoms with van der Waals surface area (Å²) < 4.78 is 0. The molecule has 142 valence electrons. The summed E-state index contributed by atoms with van der Waals surface area (Å²) in [5.74, 6) is -4.38. The van der Waals surface area contributed by atoms with Crippen molar-refractivity contribution < 1.29 is 29.7 Å². The van der Waals surface area contributed by atoms with Crippen molar-refractivity contribution in [2.45, 2.75) is 52.1 Å². The van der Waals surface area contributed by atoms with E-state index in [-0.39, 0.29) is 18.1 Å². The molecule has 4 fully saturated rings. The second-order valence-corrected chi connectivity index (χ2v) is 9.51. The quantitative estimate of drug-likeness (QED) is 0.649. The summed E-state index contributed by atoms with van der Waals surface area (Å²) in [5.41, 5.74) is -2.15. The Labute approximate surface area is 152 Å². The molecule has 3 N–H and O–H groups in total. The lowest BCUT2D eigenvalue weighted by molar-refractivity contribution is -0.182. The lowest BCUT2D eigenvalue weighted by Crippen LogP contribution is -2.57. The Morgan fingerprint density at radius 1 is 1.23 bits per heavy atom. The number of carbonyl (C=O) groups excluding carboxylic acids is 1. The lowest BCUT2D eigenvalue weighted by Gasteiger charge is -2.51. The van der Waals surface area contributed by atoms with Gasteiger partial charge >= 0.3 is 11.9 Å². The van der Waals surface area contributed by atoms with Crippen LogP contribution in [0, 0.1) is 39.9 Å². The van der Waals surface area contributed by atoms with Gasteiger partial charge in [-0.3, -0.25) is 14.4 Å². The Morgan fingerprint density at radius 2 is 1.88 bits per heavy atom. The predicted octanol–water partition coefficient (Wildman–Crippen LogP) is 2.11. The Morgan fingerprint density at radius 3 is 2.46 bits per heavy atom. The number of ketones is 1. The molecule has 4 aliphatic rings. The van der Waals surface area contributed by atoms with E-state index in [2.05, 4.69) is 6.58 Å². The Kier molecular flexibility index (Phi) is 3.39. The van der Waals surface area contributed by atoms with Crippen LogP contribution in [0.4, 0.5) is 0 Å². The topological polar surface area (TPSA) is 112 Å². The summed E-state index contributed by atoms with van der Waals surface area (Å²) >= 11 is 0. The summed E-state index contributed by atoms with van der Waals surface area (Å²) in [5, 5.41) is 30.8. The number of allylic oxidation sites excluding steroid dienone is 1. The van der Waals surface area contributed by atoms with Gasteiger partial charge in [0.25, 0.3) is 0 Å². The first-order valence-electron chi connectivity index (χ1n) is 9.35. The van der Waals surface area contributed by atoms with Gasteiger partial charge in [0.05, 0.1) is 17.4 Å². The minimum absolute atomic E-state index is 0.00496. The van der Waals surface area contributed by atoms with E-state index in [1.54, 1.807) is 0 Å². The molecule has 4 saturated carbocycles. The average Bonchev–Trinajstić information content (AvgIpc) is 2.92. The third-order valence-electron chi connectivity index (χ3n) is 8.45. The second-order valence-electron chi connectivity index (χ2n) is 9.51. The first-order chi connectivity index (χ1) is 12.0. The Hall–Kier alpha value is -1.69. The summed E-state index contributed by atoms with van der Waals surface area (Å²) in [4.78, 5) is 37.8. The monoisotopic (exact) mass is 362 g/mol. The minimum Gasteiger partial charge on any atom is -0.481 e. The van der Waals surface area contributed by atoms with Crippen molar-refractivity contribution in [3.63, 3.8) is 0 Å². The number of carbonyl (C=O) groups is 3. The van der Waals surface area contributed by atoms with Gasteiger partial charge in [0.2, 0.25) is 0 Å². The maximum absolute atomic E-state index is 13.1. The fraction of sp³-hybridized carbons (Fsp3) is 0.750. The number of carboxylic acid groups (broad SMARTS) is 2. The summed E-state index contributed by atoms with van der Waals surface area (Å²) in [6, 6.07) is 0. The van der Waals surface area contributed by atoms with Gasteiger partial charge in [-0.05, 0) is 55.3 Å². The molecule has 0 aliphatic heterocycles. The highest BCUT2D eigenvalue weighted by Crippen LogP contribution is 2.76. The fourth-order valence-electron chi connectivity index (χ4n) is 7.64. The standard InChI is InChI=1S/C20H26O6/c1-9-7-20-8-10(9)6-11(21)14(20)18(2)5-4-12(22)19(3,17(25)26)15(18)13(20)16(23)24/h10,12-15,22H,1,4-8H2,2-3H3,(H,23,24)(H,25,26)/t10-,12+,13-,14+,15+,18+,19-,20-/m1/s1. The van der Waals surface area contributed by atoms with Crippen molar-refractivity contribution in [2.24, 2.45) is 39.9 Å². The van der Waals surface area contributed by atoms with E-state index >= 15 is 0 Å². The van der Waals surface area contributed by atoms with Crippen LogP contribution in [-0.4, -0.2) is 39.1 Å². The third kappa shape index (κ3) is 1.74. The van der Waals surface area contributed by atoms with Gasteiger partial charge in [-0.15, -0.1) is 0 Å². The predicted molar refractivity (Wildman–Crippen MR) is 91.1 cm³/mol. The lowest BCUT2D eigenvalue weighted by atomic mass is 9.52. The highest BCUT2D eigenvalue weighted by Gasteiger charge is 2.78. The molecule has 0 amide bonds. The van der Waals surface area contributed by atoms with Crippen molar-refractivity contribution >= 4 is 17.7 Å². The maximum atomic E-state index is 13.1. The first-order valence-corrected chi connectivity index (χ1v) is 9.35. The van der Waals surface area contributed by atoms with E-state index in [1.165, 1.54) is 6.92 Å². The average molecular weight is 362 g/mol. The van der Waals surface area contributed by atoms with Gasteiger partial charge in [0.1, 0.15) is 5.78 Å². The number of carboxylic acids is 2. The van der Waals surface area contributed by atoms with Gasteiger partial charge in [-0.2, -0.15) is 0 Å². The van der Waals surface area contributed by atoms with Crippen LogP contribution in [0.15, 0.2) is 12.2 Å². The van der Waals surface area contributed by atoms with Crippen LogP contribution in [0.3, 0.4) is 0 Å². The van der Waals surface area contributed by atoms with Crippen molar-refractivity contribution in [3.05, 3.63) is 12.2 Å². The van der Waals surface area contributed by atoms with E-state index in [0.717, 1.165) is 5.57 Å². The SMILES string of the molecule is C=C1C[C@]23C[C@H]1CC(=O)[C@H]2[C@]1(C)CC[C@H](O)[C@@](C)(C(=O)O)[C@H]1[C@@H]3C(=O)O. The molecule has 0 aromatic carbocycles. The largest absolute Gasteiger partial charge is 0.481 e. The van der Waals surface area contributed by atoms with Gasteiger partial charge in [0, 0.05) is 12.3 Å². The van der Waals surface area contributed by atoms with E-state index < -0.39 is 52.0 Å². The van der Waals surface area contributed by atoms with E-state index in [9.17, 15) is 29.7 Å². The number of aliphatic carboxylic acids is 2. The number of hydrogen-bond acceptors (Lipinski definition) is 4. The third-order valence-corrected chi connectivity index (χ3v) is 8.45. The number of rotatable bonds is 2. The van der Waals surface area contributed by atoms with E-state index in [1.807, 2.05) is 6.92 Å². The molecule has 0 heterocycles. The van der Waals surface area contributed by atoms with Gasteiger partial charge in [0.15, 0.2) is 0 Å². The molecule has 1 spiro atoms. The zero-order chi connectivity index (χ0) is 19.2. The molecule has 8 atom stereocenters. The minimum atomic E-state index is -1.58. The van der Waals surface area contributed by atoms with Crippen molar-refractivity contribution in [3.8, 4) is 0 Å². The van der Waals surface area contributed by atoms with Crippen molar-refractivity contribution in [1.29, 1.82) is 0 Å². The van der Waals surface area contributed by atoms with Gasteiger partial charge < -0.3 is 15.3 Å². The van der Waals surface area contributed by atoms with Gasteiger partial charge in [-0.1, -0.05) is 19.1 Å². The normalized spacial score (nSPS) is 52.5. The molecule has 26 heavy (non-hydrogen) atoms. The second kappa shape index (κ2) is 4.97. The van der Waals surface area contributed by atoms with Crippen LogP contribution in [0.25, 0.3) is 0 Å². The highest BCUT2D eigenvalue weighted by atomic mass is 16.4. The molecule has 0 saturated heterocycles. The van der Waals surface area contributed by atoms with Crippen molar-refractivity contribution in [1.82, 2.24) is 0 Å². The smallest absolute Gasteiger partial charge is 0.312 e. The number of aliphatic hydroxyl groups excluding tert-OH is 1. The molecule has 6 heteroatoms. The molecular weight excluding hydrogens is 336 g/mol. The molecule has 2 bridgehead atoms. The van der Waals surface area contributed by atoms with E-state index in [4.69, 9.17) is 0 Å². The Balaban J connectivity index is 1.99. The van der Waals surface area contributed by atoms with E-state index in [0.29, 0.717) is 25.7 Å². The van der Waals surface area contributed by atoms with Crippen LogP contribution >= 0.6 is 0 Å². The summed E-state index contributed by atoms with van der Waals surface area (Å²) in [7, 11) is 0. The van der Waals surface area contributed by atoms with Gasteiger partial charge in [-0.25, -0.2) is 0 Å². The molecule has 4 aliphatic carbocycles. The molecule has 0 aromatic heterocycles. The van der Waals surface area contributed by atoms with Crippen LogP contribution < -0.4 is 0 Å². The Bertz CT molecular complexity index is 743. The zero-order valence-corrected chi connectivity index (χ0v) is 15.2. The number of hydrogen-bond donors (Lipinski definition) is 3. The molecule has 0 radical (unpaired) electrons. The van der Waals surface area contributed by atoms with Crippen molar-refractivity contribution in [2.75, 3.05) is 0 Å². The zero-order valence-electron chi connectivity index (χ0n) is 15.2. The van der Waals surface area contributed by atoms with Crippen LogP contribution in [0.5, 0.6) is 0 Å². The molecule has 0 aromatic rings. The summed E-state index contributed by atoms with van der Waals surface area (Å²) in [6.07, 6.45) is 1.08. The fourth-order valence-corrected chi connectivity index (χ4v) is 7.64. The van der Waals surface area contributed by atoms with Crippen LogP contribution in [0.1, 0.15) is 46.0 Å². The first kappa shape index (κ1) is 17.7. The highest BCUT2D eigenvalue weighted by molar-refractivity contribution is 5.89. The molecule has 6 nitrogen and oxygen atoms in total. The number of fused-ring (bicyclic) bond motifs is 3. The van der Waals surface area contributed by atoms with Crippen LogP contribution in [-0.2, 0) is 14.4 Å². The molecule has 4 rings (SSSR count). The summed E-state index contributed by atoms with van der Waals surface area (Å²) in [6.45, 7) is 7.45. The maximum Gasteiger partial charge on any atom is 0.312 e. The number of Topliss-reactive ketones (excluding diaryl/α,β-unsaturated/α-hetero) is 1. The molecular formula is C20H26O6. The van der Waals surface area contributed by atoms with Crippen LogP contribution in [0.2, 0.25) is 0 Å².